The zero-order chi connectivity index (χ0) is 22.3. The third kappa shape index (κ3) is 7.42. The molecule has 1 saturated carbocycles. The first-order valence-electron chi connectivity index (χ1n) is 11.7. The van der Waals surface area contributed by atoms with Crippen LogP contribution in [0.3, 0.4) is 0 Å². The Balaban J connectivity index is 1.75. The van der Waals surface area contributed by atoms with Gasteiger partial charge in [0, 0.05) is 18.5 Å². The molecule has 0 bridgehead atoms. The van der Waals surface area contributed by atoms with Gasteiger partial charge in [-0.25, -0.2) is 0 Å². The summed E-state index contributed by atoms with van der Waals surface area (Å²) in [5.41, 5.74) is 1.35. The number of hydrogen-bond donors (Lipinski definition) is 2. The van der Waals surface area contributed by atoms with Crippen molar-refractivity contribution in [3.8, 4) is 0 Å². The molecule has 0 saturated heterocycles. The molecule has 1 amide bonds. The highest BCUT2D eigenvalue weighted by Gasteiger charge is 2.43. The maximum absolute atomic E-state index is 12.3. The van der Waals surface area contributed by atoms with Crippen LogP contribution >= 0.6 is 11.8 Å². The Kier molecular flexibility index (Phi) is 9.96. The second-order valence-electron chi connectivity index (χ2n) is 10.1. The average molecular weight is 438 g/mol. The zero-order valence-corrected chi connectivity index (χ0v) is 20.5. The van der Waals surface area contributed by atoms with E-state index >= 15 is 0 Å². The number of amides is 1. The number of rotatable bonds is 11. The van der Waals surface area contributed by atoms with Crippen molar-refractivity contribution < 1.29 is 15.0 Å². The molecule has 5 atom stereocenters. The van der Waals surface area contributed by atoms with E-state index in [9.17, 15) is 15.0 Å². The Labute approximate surface area is 188 Å². The molecule has 2 aliphatic rings. The molecule has 0 heterocycles. The fraction of sp³-hybridized carbons (Fsp3) is 0.800. The van der Waals surface area contributed by atoms with Gasteiger partial charge in [0.05, 0.1) is 18.0 Å². The third-order valence-corrected chi connectivity index (χ3v) is 7.73. The van der Waals surface area contributed by atoms with E-state index < -0.39 is 6.10 Å². The van der Waals surface area contributed by atoms with Crippen LogP contribution in [0.15, 0.2) is 23.8 Å². The summed E-state index contributed by atoms with van der Waals surface area (Å²) >= 11 is 1.72. The predicted molar refractivity (Wildman–Crippen MR) is 128 cm³/mol. The normalized spacial score (nSPS) is 27.4. The number of nitrogens with zero attached hydrogens (tertiary/aromatic N) is 1. The minimum absolute atomic E-state index is 0.129. The van der Waals surface area contributed by atoms with Crippen LogP contribution in [0.5, 0.6) is 0 Å². The maximum atomic E-state index is 12.3. The van der Waals surface area contributed by atoms with Crippen LogP contribution in [0.2, 0.25) is 0 Å². The van der Waals surface area contributed by atoms with Crippen LogP contribution in [-0.2, 0) is 4.79 Å². The number of hydrogen-bond acceptors (Lipinski definition) is 4. The van der Waals surface area contributed by atoms with Gasteiger partial charge in [0.25, 0.3) is 0 Å². The third-order valence-electron chi connectivity index (χ3n) is 6.78. The van der Waals surface area contributed by atoms with Crippen LogP contribution in [0.25, 0.3) is 0 Å². The SMILES string of the molecule is CCCCC[C@H](O)C=C[C@@H]1[C@H]2CC(CCSCC(=O)N(C)C(C)(C)C)=C[C@H]2C[C@H]1O. The Morgan fingerprint density at radius 2 is 2.10 bits per heavy atom. The number of allylic oxidation sites excluding steroid dienone is 2. The summed E-state index contributed by atoms with van der Waals surface area (Å²) in [7, 11) is 1.88. The minimum atomic E-state index is -0.392. The van der Waals surface area contributed by atoms with E-state index in [1.54, 1.807) is 11.8 Å². The number of carbonyl (C=O) groups is 1. The number of aliphatic hydroxyl groups is 2. The van der Waals surface area contributed by atoms with Crippen molar-refractivity contribution in [2.45, 2.75) is 90.4 Å². The molecule has 5 heteroatoms. The molecule has 0 aromatic rings. The molecule has 4 nitrogen and oxygen atoms in total. The Morgan fingerprint density at radius 1 is 1.37 bits per heavy atom. The van der Waals surface area contributed by atoms with E-state index in [0.717, 1.165) is 50.7 Å². The van der Waals surface area contributed by atoms with E-state index in [2.05, 4.69) is 39.8 Å². The first kappa shape index (κ1) is 25.5. The molecule has 0 aromatic carbocycles. The van der Waals surface area contributed by atoms with Gasteiger partial charge in [-0.3, -0.25) is 4.79 Å². The fourth-order valence-electron chi connectivity index (χ4n) is 4.58. The number of thioether (sulfide) groups is 1. The van der Waals surface area contributed by atoms with E-state index in [0.29, 0.717) is 17.6 Å². The number of fused-ring (bicyclic) bond motifs is 1. The summed E-state index contributed by atoms with van der Waals surface area (Å²) < 4.78 is 0. The summed E-state index contributed by atoms with van der Waals surface area (Å²) in [6.07, 6.45) is 12.8. The van der Waals surface area contributed by atoms with Crippen LogP contribution in [0.1, 0.15) is 72.6 Å². The first-order chi connectivity index (χ1) is 14.1. The highest BCUT2D eigenvalue weighted by molar-refractivity contribution is 7.99. The van der Waals surface area contributed by atoms with Crippen molar-refractivity contribution >= 4 is 17.7 Å². The Hall–Kier alpha value is -0.780. The monoisotopic (exact) mass is 437 g/mol. The lowest BCUT2D eigenvalue weighted by atomic mass is 9.88. The maximum Gasteiger partial charge on any atom is 0.232 e. The lowest BCUT2D eigenvalue weighted by Gasteiger charge is -2.32. The Bertz CT molecular complexity index is 610. The summed E-state index contributed by atoms with van der Waals surface area (Å²) in [5.74, 6) is 2.77. The number of unbranched alkanes of at least 4 members (excludes halogenated alkanes) is 2. The second kappa shape index (κ2) is 11.7. The molecule has 30 heavy (non-hydrogen) atoms. The van der Waals surface area contributed by atoms with E-state index in [-0.39, 0.29) is 23.5 Å². The highest BCUT2D eigenvalue weighted by atomic mass is 32.2. The topological polar surface area (TPSA) is 60.8 Å². The first-order valence-corrected chi connectivity index (χ1v) is 12.9. The van der Waals surface area contributed by atoms with Crippen molar-refractivity contribution in [2.75, 3.05) is 18.6 Å². The van der Waals surface area contributed by atoms with Crippen molar-refractivity contribution in [3.05, 3.63) is 23.8 Å². The molecule has 0 spiro atoms. The zero-order valence-electron chi connectivity index (χ0n) is 19.6. The van der Waals surface area contributed by atoms with Crippen LogP contribution in [-0.4, -0.2) is 57.3 Å². The van der Waals surface area contributed by atoms with Crippen LogP contribution < -0.4 is 0 Å². The largest absolute Gasteiger partial charge is 0.392 e. The lowest BCUT2D eigenvalue weighted by molar-refractivity contribution is -0.131. The molecule has 2 N–H and O–H groups in total. The van der Waals surface area contributed by atoms with Gasteiger partial charge in [-0.2, -0.15) is 11.8 Å². The van der Waals surface area contributed by atoms with Crippen LogP contribution in [0, 0.1) is 17.8 Å². The molecule has 0 aromatic heterocycles. The van der Waals surface area contributed by atoms with Crippen molar-refractivity contribution in [1.29, 1.82) is 0 Å². The number of aliphatic hydroxyl groups excluding tert-OH is 2. The van der Waals surface area contributed by atoms with E-state index in [1.807, 2.05) is 18.0 Å². The summed E-state index contributed by atoms with van der Waals surface area (Å²) in [6, 6.07) is 0. The summed E-state index contributed by atoms with van der Waals surface area (Å²) in [4.78, 5) is 14.1. The van der Waals surface area contributed by atoms with Crippen molar-refractivity contribution in [3.63, 3.8) is 0 Å². The molecular weight excluding hydrogens is 394 g/mol. The molecule has 2 rings (SSSR count). The second-order valence-corrected chi connectivity index (χ2v) is 11.2. The standard InChI is InChI=1S/C25H43NO3S/c1-6-7-8-9-20(27)10-11-21-22-15-18(14-19(22)16-23(21)28)12-13-30-17-24(29)26(5)25(2,3)4/h10-11,14,19-23,27-28H,6-9,12-13,15-17H2,1-5H3/t19-,20-,21+,22-,23+/m0/s1. The summed E-state index contributed by atoms with van der Waals surface area (Å²) in [5, 5.41) is 20.7. The van der Waals surface area contributed by atoms with Gasteiger partial charge in [0.1, 0.15) is 0 Å². The molecule has 172 valence electrons. The van der Waals surface area contributed by atoms with Gasteiger partial charge >= 0.3 is 0 Å². The molecular formula is C25H43NO3S. The molecule has 1 fully saturated rings. The van der Waals surface area contributed by atoms with Gasteiger partial charge in [0.2, 0.25) is 5.91 Å². The van der Waals surface area contributed by atoms with E-state index in [4.69, 9.17) is 0 Å². The Morgan fingerprint density at radius 3 is 2.77 bits per heavy atom. The smallest absolute Gasteiger partial charge is 0.232 e. The van der Waals surface area contributed by atoms with Gasteiger partial charge < -0.3 is 15.1 Å². The quantitative estimate of drug-likeness (QED) is 0.360. The van der Waals surface area contributed by atoms with Gasteiger partial charge in [-0.1, -0.05) is 50.0 Å². The lowest BCUT2D eigenvalue weighted by Crippen LogP contribution is -2.43. The van der Waals surface area contributed by atoms with Gasteiger partial charge in [0.15, 0.2) is 0 Å². The highest BCUT2D eigenvalue weighted by Crippen LogP contribution is 2.48. The van der Waals surface area contributed by atoms with Crippen molar-refractivity contribution in [2.24, 2.45) is 17.8 Å². The molecule has 0 aliphatic heterocycles. The van der Waals surface area contributed by atoms with Crippen LogP contribution in [0.4, 0.5) is 0 Å². The average Bonchev–Trinajstić information content (AvgIpc) is 3.18. The summed E-state index contributed by atoms with van der Waals surface area (Å²) in [6.45, 7) is 8.34. The molecule has 0 unspecified atom stereocenters. The number of carbonyl (C=O) groups excluding carboxylic acids is 1. The molecule has 0 radical (unpaired) electrons. The predicted octanol–water partition coefficient (Wildman–Crippen LogP) is 4.81. The van der Waals surface area contributed by atoms with Crippen molar-refractivity contribution in [1.82, 2.24) is 4.90 Å². The molecule has 2 aliphatic carbocycles. The fourth-order valence-corrected chi connectivity index (χ4v) is 5.50. The minimum Gasteiger partial charge on any atom is -0.392 e. The van der Waals surface area contributed by atoms with Gasteiger partial charge in [-0.05, 0) is 64.0 Å². The van der Waals surface area contributed by atoms with Gasteiger partial charge in [-0.15, -0.1) is 0 Å². The van der Waals surface area contributed by atoms with E-state index in [1.165, 1.54) is 5.57 Å².